The number of likely N-dealkylation sites (tertiary alicyclic amines) is 1. The van der Waals surface area contributed by atoms with Gasteiger partial charge in [-0.05, 0) is 44.3 Å². The first-order valence-corrected chi connectivity index (χ1v) is 9.21. The molecule has 2 aromatic rings. The van der Waals surface area contributed by atoms with Gasteiger partial charge in [-0.2, -0.15) is 0 Å². The quantitative estimate of drug-likeness (QED) is 0.865. The highest BCUT2D eigenvalue weighted by molar-refractivity contribution is 7.09. The molecule has 1 fully saturated rings. The zero-order valence-electron chi connectivity index (χ0n) is 13.9. The van der Waals surface area contributed by atoms with Crippen LogP contribution in [0, 0.1) is 12.8 Å². The lowest BCUT2D eigenvalue weighted by Crippen LogP contribution is -2.38. The fourth-order valence-electron chi connectivity index (χ4n) is 2.99. The predicted octanol–water partition coefficient (Wildman–Crippen LogP) is 1.81. The van der Waals surface area contributed by atoms with Crippen LogP contribution >= 0.6 is 11.3 Å². The lowest BCUT2D eigenvalue weighted by atomic mass is 9.96. The van der Waals surface area contributed by atoms with E-state index in [1.807, 2.05) is 6.92 Å². The summed E-state index contributed by atoms with van der Waals surface area (Å²) in [5.41, 5.74) is 2.03. The smallest absolute Gasteiger partial charge is 0.224 e. The van der Waals surface area contributed by atoms with Crippen molar-refractivity contribution in [3.63, 3.8) is 0 Å². The van der Waals surface area contributed by atoms with Crippen LogP contribution in [0.4, 0.5) is 0 Å². The number of thiazole rings is 1. The van der Waals surface area contributed by atoms with Crippen LogP contribution in [0.3, 0.4) is 0 Å². The van der Waals surface area contributed by atoms with Gasteiger partial charge in [0.05, 0.1) is 17.1 Å². The second-order valence-corrected chi connectivity index (χ2v) is 7.37. The van der Waals surface area contributed by atoms with E-state index in [2.05, 4.69) is 30.5 Å². The lowest BCUT2D eigenvalue weighted by Gasteiger charge is -2.31. The maximum atomic E-state index is 12.0. The zero-order valence-corrected chi connectivity index (χ0v) is 14.8. The molecule has 1 N–H and O–H groups in total. The number of rotatable bonds is 6. The molecule has 0 radical (unpaired) electrons. The molecule has 1 saturated heterocycles. The van der Waals surface area contributed by atoms with E-state index in [0.717, 1.165) is 49.6 Å². The first kappa shape index (κ1) is 17.0. The summed E-state index contributed by atoms with van der Waals surface area (Å²) >= 11 is 1.71. The van der Waals surface area contributed by atoms with Crippen LogP contribution in [0.2, 0.25) is 0 Å². The summed E-state index contributed by atoms with van der Waals surface area (Å²) in [4.78, 5) is 26.8. The second-order valence-electron chi connectivity index (χ2n) is 6.30. The summed E-state index contributed by atoms with van der Waals surface area (Å²) in [6.07, 6.45) is 7.44. The van der Waals surface area contributed by atoms with Crippen molar-refractivity contribution in [2.24, 2.45) is 5.92 Å². The number of amides is 1. The molecule has 1 amide bonds. The summed E-state index contributed by atoms with van der Waals surface area (Å²) in [5, 5.41) is 6.32. The molecule has 128 valence electrons. The van der Waals surface area contributed by atoms with Crippen molar-refractivity contribution < 1.29 is 4.79 Å². The van der Waals surface area contributed by atoms with Gasteiger partial charge in [0.25, 0.3) is 0 Å². The standard InChI is InChI=1S/C17H23N5OS/c1-13-21-16(11-24-13)10-22-4-2-14(3-5-22)9-20-17(23)6-15-7-18-12-19-8-15/h7-8,11-12,14H,2-6,9-10H2,1H3,(H,20,23). The molecule has 0 atom stereocenters. The number of nitrogens with zero attached hydrogens (tertiary/aromatic N) is 4. The minimum atomic E-state index is 0.0465. The van der Waals surface area contributed by atoms with E-state index in [0.29, 0.717) is 12.3 Å². The Morgan fingerprint density at radius 3 is 2.75 bits per heavy atom. The van der Waals surface area contributed by atoms with E-state index in [4.69, 9.17) is 0 Å². The van der Waals surface area contributed by atoms with Crippen LogP contribution in [0.15, 0.2) is 24.1 Å². The zero-order chi connectivity index (χ0) is 16.8. The first-order chi connectivity index (χ1) is 11.7. The van der Waals surface area contributed by atoms with Gasteiger partial charge in [0.15, 0.2) is 0 Å². The highest BCUT2D eigenvalue weighted by atomic mass is 32.1. The number of hydrogen-bond acceptors (Lipinski definition) is 6. The minimum Gasteiger partial charge on any atom is -0.356 e. The average molecular weight is 345 g/mol. The number of carbonyl (C=O) groups excluding carboxylic acids is 1. The molecule has 7 heteroatoms. The Morgan fingerprint density at radius 2 is 2.08 bits per heavy atom. The Kier molecular flexibility index (Phi) is 5.87. The van der Waals surface area contributed by atoms with Gasteiger partial charge in [-0.1, -0.05) is 0 Å². The van der Waals surface area contributed by atoms with Crippen molar-refractivity contribution in [2.45, 2.75) is 32.7 Å². The van der Waals surface area contributed by atoms with Crippen molar-refractivity contribution in [2.75, 3.05) is 19.6 Å². The summed E-state index contributed by atoms with van der Waals surface area (Å²) < 4.78 is 0. The van der Waals surface area contributed by atoms with Gasteiger partial charge < -0.3 is 5.32 Å². The van der Waals surface area contributed by atoms with Crippen molar-refractivity contribution >= 4 is 17.2 Å². The first-order valence-electron chi connectivity index (χ1n) is 8.33. The van der Waals surface area contributed by atoms with E-state index in [1.165, 1.54) is 12.0 Å². The largest absolute Gasteiger partial charge is 0.356 e. The van der Waals surface area contributed by atoms with Crippen LogP contribution < -0.4 is 5.32 Å². The highest BCUT2D eigenvalue weighted by Crippen LogP contribution is 2.19. The second kappa shape index (κ2) is 8.30. The van der Waals surface area contributed by atoms with Gasteiger partial charge in [0.2, 0.25) is 5.91 Å². The fourth-order valence-corrected chi connectivity index (χ4v) is 3.59. The topological polar surface area (TPSA) is 71.0 Å². The number of carbonyl (C=O) groups is 1. The monoisotopic (exact) mass is 345 g/mol. The molecular formula is C17H23N5OS. The van der Waals surface area contributed by atoms with Crippen LogP contribution in [0.25, 0.3) is 0 Å². The molecule has 0 saturated carbocycles. The third-order valence-corrected chi connectivity index (χ3v) is 5.15. The lowest BCUT2D eigenvalue weighted by molar-refractivity contribution is -0.120. The summed E-state index contributed by atoms with van der Waals surface area (Å²) in [6, 6.07) is 0. The maximum Gasteiger partial charge on any atom is 0.224 e. The molecule has 24 heavy (non-hydrogen) atoms. The molecule has 3 heterocycles. The fraction of sp³-hybridized carbons (Fsp3) is 0.529. The third-order valence-electron chi connectivity index (χ3n) is 4.33. The Bertz CT molecular complexity index is 652. The number of aryl methyl sites for hydroxylation is 1. The molecular weight excluding hydrogens is 322 g/mol. The van der Waals surface area contributed by atoms with Crippen LogP contribution in [0.1, 0.15) is 29.1 Å². The van der Waals surface area contributed by atoms with Crippen LogP contribution in [-0.2, 0) is 17.8 Å². The Morgan fingerprint density at radius 1 is 1.33 bits per heavy atom. The van der Waals surface area contributed by atoms with Crippen molar-refractivity contribution in [1.82, 2.24) is 25.2 Å². The van der Waals surface area contributed by atoms with E-state index in [-0.39, 0.29) is 5.91 Å². The normalized spacial score (nSPS) is 16.2. The number of nitrogens with one attached hydrogen (secondary N) is 1. The SMILES string of the molecule is Cc1nc(CN2CCC(CNC(=O)Cc3cncnc3)CC2)cs1. The van der Waals surface area contributed by atoms with Gasteiger partial charge >= 0.3 is 0 Å². The van der Waals surface area contributed by atoms with Crippen LogP contribution in [-0.4, -0.2) is 45.4 Å². The molecule has 3 rings (SSSR count). The van der Waals surface area contributed by atoms with Gasteiger partial charge in [-0.25, -0.2) is 15.0 Å². The Labute approximate surface area is 146 Å². The average Bonchev–Trinajstić information content (AvgIpc) is 3.00. The minimum absolute atomic E-state index is 0.0465. The maximum absolute atomic E-state index is 12.0. The molecule has 2 aromatic heterocycles. The molecule has 0 aromatic carbocycles. The molecule has 1 aliphatic heterocycles. The van der Waals surface area contributed by atoms with E-state index in [9.17, 15) is 4.79 Å². The van der Waals surface area contributed by atoms with Crippen molar-refractivity contribution in [1.29, 1.82) is 0 Å². The Hall–Kier alpha value is -1.86. The number of hydrogen-bond donors (Lipinski definition) is 1. The van der Waals surface area contributed by atoms with Gasteiger partial charge in [0.1, 0.15) is 6.33 Å². The Balaban J connectivity index is 1.35. The van der Waals surface area contributed by atoms with E-state index >= 15 is 0 Å². The van der Waals surface area contributed by atoms with Gasteiger partial charge in [-0.3, -0.25) is 9.69 Å². The summed E-state index contributed by atoms with van der Waals surface area (Å²) in [6.45, 7) is 5.89. The number of aromatic nitrogens is 3. The molecule has 0 bridgehead atoms. The third kappa shape index (κ3) is 5.07. The molecule has 0 aliphatic carbocycles. The number of piperidine rings is 1. The van der Waals surface area contributed by atoms with Gasteiger partial charge in [-0.15, -0.1) is 11.3 Å². The molecule has 6 nitrogen and oxygen atoms in total. The van der Waals surface area contributed by atoms with Crippen molar-refractivity contribution in [3.8, 4) is 0 Å². The molecule has 0 unspecified atom stereocenters. The highest BCUT2D eigenvalue weighted by Gasteiger charge is 2.20. The molecule has 0 spiro atoms. The molecule has 1 aliphatic rings. The van der Waals surface area contributed by atoms with E-state index < -0.39 is 0 Å². The predicted molar refractivity (Wildman–Crippen MR) is 93.6 cm³/mol. The van der Waals surface area contributed by atoms with Gasteiger partial charge in [0, 0.05) is 30.9 Å². The summed E-state index contributed by atoms with van der Waals surface area (Å²) in [7, 11) is 0. The van der Waals surface area contributed by atoms with Crippen molar-refractivity contribution in [3.05, 3.63) is 40.4 Å². The van der Waals surface area contributed by atoms with E-state index in [1.54, 1.807) is 23.7 Å². The summed E-state index contributed by atoms with van der Waals surface area (Å²) in [5.74, 6) is 0.611. The van der Waals surface area contributed by atoms with Crippen LogP contribution in [0.5, 0.6) is 0 Å².